The van der Waals surface area contributed by atoms with Crippen molar-refractivity contribution in [2.75, 3.05) is 7.11 Å². The van der Waals surface area contributed by atoms with Gasteiger partial charge in [0.25, 0.3) is 5.91 Å². The molecule has 0 aliphatic rings. The molecule has 4 nitrogen and oxygen atoms in total. The maximum Gasteiger partial charge on any atom is 0.254 e. The number of rotatable bonds is 2. The highest BCUT2D eigenvalue weighted by atomic mass is 16.5. The highest BCUT2D eigenvalue weighted by Gasteiger charge is 2.13. The number of carbonyl (C=O) groups is 1. The van der Waals surface area contributed by atoms with Gasteiger partial charge >= 0.3 is 0 Å². The van der Waals surface area contributed by atoms with Crippen LogP contribution >= 0.6 is 0 Å². The number of ether oxygens (including phenoxy) is 1. The van der Waals surface area contributed by atoms with Crippen molar-refractivity contribution in [2.24, 2.45) is 5.73 Å². The van der Waals surface area contributed by atoms with Gasteiger partial charge in [0.15, 0.2) is 0 Å². The highest BCUT2D eigenvalue weighted by Crippen LogP contribution is 2.19. The molecular formula is C9H12N2O2. The maximum atomic E-state index is 11.0. The molecule has 0 unspecified atom stereocenters. The largest absolute Gasteiger partial charge is 0.480 e. The lowest BCUT2D eigenvalue weighted by Gasteiger charge is -2.08. The summed E-state index contributed by atoms with van der Waals surface area (Å²) < 4.78 is 4.96. The number of aryl methyl sites for hydroxylation is 2. The number of nitrogens with two attached hydrogens (primary N) is 1. The van der Waals surface area contributed by atoms with Crippen LogP contribution in [0.1, 0.15) is 21.6 Å². The molecule has 0 spiro atoms. The summed E-state index contributed by atoms with van der Waals surface area (Å²) in [5, 5.41) is 0. The molecule has 0 aliphatic carbocycles. The Morgan fingerprint density at radius 1 is 1.54 bits per heavy atom. The van der Waals surface area contributed by atoms with Gasteiger partial charge in [-0.2, -0.15) is 0 Å². The summed E-state index contributed by atoms with van der Waals surface area (Å²) in [4.78, 5) is 15.1. The van der Waals surface area contributed by atoms with Gasteiger partial charge < -0.3 is 10.5 Å². The Morgan fingerprint density at radius 3 is 2.62 bits per heavy atom. The number of carbonyl (C=O) groups excluding carboxylic acids is 1. The van der Waals surface area contributed by atoms with E-state index in [1.165, 1.54) is 7.11 Å². The first kappa shape index (κ1) is 9.51. The molecule has 4 heteroatoms. The third kappa shape index (κ3) is 1.77. The minimum absolute atomic E-state index is 0.296. The summed E-state index contributed by atoms with van der Waals surface area (Å²) >= 11 is 0. The Labute approximate surface area is 76.7 Å². The number of nitrogens with zero attached hydrogens (tertiary/aromatic N) is 1. The van der Waals surface area contributed by atoms with Crippen molar-refractivity contribution in [3.8, 4) is 5.88 Å². The van der Waals surface area contributed by atoms with E-state index >= 15 is 0 Å². The molecule has 1 aromatic rings. The van der Waals surface area contributed by atoms with Crippen molar-refractivity contribution in [3.63, 3.8) is 0 Å². The minimum Gasteiger partial charge on any atom is -0.480 e. The Morgan fingerprint density at radius 2 is 2.15 bits per heavy atom. The van der Waals surface area contributed by atoms with E-state index in [0.29, 0.717) is 11.4 Å². The standard InChI is InChI=1S/C9H12N2O2/c1-5-4-6(2)11-9(13-3)7(5)8(10)12/h4H,1-3H3,(H2,10,12). The molecule has 70 valence electrons. The van der Waals surface area contributed by atoms with Gasteiger partial charge in [-0.25, -0.2) is 4.98 Å². The van der Waals surface area contributed by atoms with E-state index in [2.05, 4.69) is 4.98 Å². The Kier molecular flexibility index (Phi) is 2.51. The fourth-order valence-electron chi connectivity index (χ4n) is 1.25. The molecule has 0 aromatic carbocycles. The summed E-state index contributed by atoms with van der Waals surface area (Å²) in [6.07, 6.45) is 0. The first-order valence-corrected chi connectivity index (χ1v) is 3.88. The first-order valence-electron chi connectivity index (χ1n) is 3.88. The number of aromatic nitrogens is 1. The Bertz CT molecular complexity index is 348. The molecule has 1 aromatic heterocycles. The van der Waals surface area contributed by atoms with Crippen LogP contribution in [0.4, 0.5) is 0 Å². The van der Waals surface area contributed by atoms with Crippen LogP contribution in [0.15, 0.2) is 6.07 Å². The average Bonchev–Trinajstić information content (AvgIpc) is 2.01. The van der Waals surface area contributed by atoms with Crippen LogP contribution in [0, 0.1) is 13.8 Å². The van der Waals surface area contributed by atoms with Gasteiger partial charge in [-0.05, 0) is 25.5 Å². The number of pyridine rings is 1. The van der Waals surface area contributed by atoms with Crippen molar-refractivity contribution >= 4 is 5.91 Å². The van der Waals surface area contributed by atoms with Gasteiger partial charge in [0.05, 0.1) is 7.11 Å². The predicted molar refractivity (Wildman–Crippen MR) is 48.8 cm³/mol. The van der Waals surface area contributed by atoms with Crippen LogP contribution in [-0.4, -0.2) is 18.0 Å². The van der Waals surface area contributed by atoms with E-state index < -0.39 is 5.91 Å². The minimum atomic E-state index is -0.512. The molecule has 0 bridgehead atoms. The zero-order valence-corrected chi connectivity index (χ0v) is 7.92. The fraction of sp³-hybridized carbons (Fsp3) is 0.333. The molecule has 2 N–H and O–H groups in total. The molecule has 0 saturated heterocycles. The van der Waals surface area contributed by atoms with E-state index in [4.69, 9.17) is 10.5 Å². The second-order valence-electron chi connectivity index (χ2n) is 2.83. The summed E-state index contributed by atoms with van der Waals surface area (Å²) in [6.45, 7) is 3.64. The van der Waals surface area contributed by atoms with Gasteiger partial charge in [0.1, 0.15) is 5.56 Å². The van der Waals surface area contributed by atoms with E-state index in [9.17, 15) is 4.79 Å². The number of methoxy groups -OCH3 is 1. The second-order valence-corrected chi connectivity index (χ2v) is 2.83. The van der Waals surface area contributed by atoms with Gasteiger partial charge in [-0.15, -0.1) is 0 Å². The van der Waals surface area contributed by atoms with Crippen LogP contribution in [0.2, 0.25) is 0 Å². The van der Waals surface area contributed by atoms with E-state index in [-0.39, 0.29) is 0 Å². The van der Waals surface area contributed by atoms with E-state index in [1.807, 2.05) is 6.92 Å². The molecule has 0 fully saturated rings. The zero-order valence-electron chi connectivity index (χ0n) is 7.92. The molecule has 0 aliphatic heterocycles. The Balaban J connectivity index is 3.38. The van der Waals surface area contributed by atoms with E-state index in [1.54, 1.807) is 13.0 Å². The van der Waals surface area contributed by atoms with E-state index in [0.717, 1.165) is 11.3 Å². The molecule has 0 radical (unpaired) electrons. The number of primary amides is 1. The lowest BCUT2D eigenvalue weighted by molar-refractivity contribution is 0.0996. The molecular weight excluding hydrogens is 168 g/mol. The van der Waals surface area contributed by atoms with Crippen molar-refractivity contribution in [2.45, 2.75) is 13.8 Å². The van der Waals surface area contributed by atoms with Gasteiger partial charge in [-0.1, -0.05) is 0 Å². The molecule has 0 saturated carbocycles. The van der Waals surface area contributed by atoms with Crippen molar-refractivity contribution in [1.82, 2.24) is 4.98 Å². The summed E-state index contributed by atoms with van der Waals surface area (Å²) in [5.74, 6) is -0.216. The van der Waals surface area contributed by atoms with Gasteiger partial charge in [0, 0.05) is 5.69 Å². The topological polar surface area (TPSA) is 65.2 Å². The zero-order chi connectivity index (χ0) is 10.0. The summed E-state index contributed by atoms with van der Waals surface area (Å²) in [6, 6.07) is 1.79. The van der Waals surface area contributed by atoms with Crippen molar-refractivity contribution < 1.29 is 9.53 Å². The Hall–Kier alpha value is -1.58. The average molecular weight is 180 g/mol. The normalized spacial score (nSPS) is 9.77. The molecule has 1 heterocycles. The molecule has 0 atom stereocenters. The van der Waals surface area contributed by atoms with Crippen molar-refractivity contribution in [1.29, 1.82) is 0 Å². The summed E-state index contributed by atoms with van der Waals surface area (Å²) in [5.41, 5.74) is 7.13. The lowest BCUT2D eigenvalue weighted by atomic mass is 10.1. The first-order chi connectivity index (χ1) is 6.06. The lowest BCUT2D eigenvalue weighted by Crippen LogP contribution is -2.15. The smallest absolute Gasteiger partial charge is 0.254 e. The van der Waals surface area contributed by atoms with Crippen LogP contribution in [0.3, 0.4) is 0 Å². The van der Waals surface area contributed by atoms with Crippen LogP contribution < -0.4 is 10.5 Å². The number of amides is 1. The second kappa shape index (κ2) is 3.43. The molecule has 1 amide bonds. The highest BCUT2D eigenvalue weighted by molar-refractivity contribution is 5.96. The monoisotopic (exact) mass is 180 g/mol. The third-order valence-electron chi connectivity index (χ3n) is 1.75. The van der Waals surface area contributed by atoms with Crippen LogP contribution in [-0.2, 0) is 0 Å². The number of hydrogen-bond donors (Lipinski definition) is 1. The predicted octanol–water partition coefficient (Wildman–Crippen LogP) is 0.806. The molecule has 1 rings (SSSR count). The quantitative estimate of drug-likeness (QED) is 0.732. The van der Waals surface area contributed by atoms with Crippen LogP contribution in [0.25, 0.3) is 0 Å². The van der Waals surface area contributed by atoms with Gasteiger partial charge in [-0.3, -0.25) is 4.79 Å². The van der Waals surface area contributed by atoms with Crippen molar-refractivity contribution in [3.05, 3.63) is 22.9 Å². The third-order valence-corrected chi connectivity index (χ3v) is 1.75. The SMILES string of the molecule is COc1nc(C)cc(C)c1C(N)=O. The molecule has 13 heavy (non-hydrogen) atoms. The number of hydrogen-bond acceptors (Lipinski definition) is 3. The summed E-state index contributed by atoms with van der Waals surface area (Å²) in [7, 11) is 1.47. The van der Waals surface area contributed by atoms with Gasteiger partial charge in [0.2, 0.25) is 5.88 Å². The maximum absolute atomic E-state index is 11.0. The van der Waals surface area contributed by atoms with Crippen LogP contribution in [0.5, 0.6) is 5.88 Å². The fourth-order valence-corrected chi connectivity index (χ4v) is 1.25.